The van der Waals surface area contributed by atoms with Crippen LogP contribution in [-0.4, -0.2) is 70.5 Å². The third-order valence-corrected chi connectivity index (χ3v) is 18.7. The minimum Gasteiger partial charge on any atom is -0.372 e. The number of ether oxygens (including phenoxy) is 2. The van der Waals surface area contributed by atoms with Crippen LogP contribution < -0.4 is 0 Å². The summed E-state index contributed by atoms with van der Waals surface area (Å²) in [4.78, 5) is 6.34. The van der Waals surface area contributed by atoms with Crippen LogP contribution in [0.5, 0.6) is 0 Å². The van der Waals surface area contributed by atoms with Gasteiger partial charge in [-0.1, -0.05) is 71.2 Å². The third-order valence-electron chi connectivity index (χ3n) is 18.7. The monoisotopic (exact) mass is 709 g/mol. The maximum Gasteiger partial charge on any atom is 0.0740 e. The van der Waals surface area contributed by atoms with E-state index in [1.54, 1.807) is 11.1 Å². The molecule has 6 saturated carbocycles. The molecule has 0 radical (unpaired) electrons. The van der Waals surface area contributed by atoms with Crippen LogP contribution in [0, 0.1) is 47.3 Å². The molecule has 0 amide bonds. The minimum atomic E-state index is 0.478. The van der Waals surface area contributed by atoms with Crippen molar-refractivity contribution in [1.29, 1.82) is 0 Å². The van der Waals surface area contributed by atoms with E-state index in [0.29, 0.717) is 36.5 Å². The van der Waals surface area contributed by atoms with Crippen molar-refractivity contribution < 1.29 is 9.47 Å². The number of benzene rings is 1. The Morgan fingerprint density at radius 1 is 0.481 bits per heavy atom. The fourth-order valence-corrected chi connectivity index (χ4v) is 16.4. The first-order chi connectivity index (χ1) is 25.4. The molecule has 4 heteroatoms. The quantitative estimate of drug-likeness (QED) is 0.311. The molecule has 4 aliphatic heterocycles. The number of morpholine rings is 2. The Hall–Kier alpha value is -0.940. The Labute approximate surface area is 316 Å². The Morgan fingerprint density at radius 3 is 1.81 bits per heavy atom. The van der Waals surface area contributed by atoms with Crippen molar-refractivity contribution in [2.75, 3.05) is 0 Å². The second kappa shape index (κ2) is 13.3. The van der Waals surface area contributed by atoms with Gasteiger partial charge >= 0.3 is 0 Å². The van der Waals surface area contributed by atoms with Gasteiger partial charge in [-0.2, -0.15) is 0 Å². The van der Waals surface area contributed by atoms with Crippen LogP contribution in [0.3, 0.4) is 0 Å². The lowest BCUT2D eigenvalue weighted by molar-refractivity contribution is -0.192. The van der Waals surface area contributed by atoms with Crippen molar-refractivity contribution >= 4 is 0 Å². The summed E-state index contributed by atoms with van der Waals surface area (Å²) in [6, 6.07) is 14.8. The van der Waals surface area contributed by atoms with Gasteiger partial charge < -0.3 is 9.47 Å². The molecule has 11 rings (SSSR count). The van der Waals surface area contributed by atoms with Crippen LogP contribution in [-0.2, 0) is 9.47 Å². The first kappa shape index (κ1) is 34.3. The molecule has 4 heterocycles. The highest BCUT2D eigenvalue weighted by molar-refractivity contribution is 5.31. The fraction of sp³-hybridized carbons (Fsp3) is 0.875. The zero-order valence-corrected chi connectivity index (χ0v) is 33.3. The van der Waals surface area contributed by atoms with Gasteiger partial charge in [-0.05, 0) is 167 Å². The lowest BCUT2D eigenvalue weighted by Crippen LogP contribution is -2.64. The van der Waals surface area contributed by atoms with E-state index in [1.807, 2.05) is 0 Å². The minimum absolute atomic E-state index is 0.478. The molecule has 52 heavy (non-hydrogen) atoms. The number of fused-ring (bicyclic) bond motifs is 10. The lowest BCUT2D eigenvalue weighted by Gasteiger charge is -2.56. The van der Waals surface area contributed by atoms with E-state index >= 15 is 0 Å². The average molecular weight is 709 g/mol. The predicted octanol–water partition coefficient (Wildman–Crippen LogP) is 10.3. The van der Waals surface area contributed by atoms with Gasteiger partial charge in [0.15, 0.2) is 0 Å². The van der Waals surface area contributed by atoms with Crippen molar-refractivity contribution in [3.05, 3.63) is 35.4 Å². The molecule has 10 aliphatic rings. The SMILES string of the molecule is CC(C)C1CCC2C(C1)OC1CC(C(C)C)CC3C4CC(c5cccc(C6CCC7C(C6)C6CCCC8OC9CCCCC9N7C86)c5)CCC4N2C13. The Morgan fingerprint density at radius 2 is 1.08 bits per heavy atom. The van der Waals surface area contributed by atoms with Gasteiger partial charge in [-0.3, -0.25) is 9.80 Å². The number of rotatable bonds is 4. The van der Waals surface area contributed by atoms with Gasteiger partial charge in [0.1, 0.15) is 0 Å². The molecule has 0 bridgehead atoms. The maximum absolute atomic E-state index is 7.30. The lowest BCUT2D eigenvalue weighted by atomic mass is 9.64. The van der Waals surface area contributed by atoms with E-state index in [4.69, 9.17) is 9.47 Å². The summed E-state index contributed by atoms with van der Waals surface area (Å²) in [5.41, 5.74) is 3.39. The van der Waals surface area contributed by atoms with Crippen molar-refractivity contribution in [3.8, 4) is 0 Å². The summed E-state index contributed by atoms with van der Waals surface area (Å²) in [6.07, 6.45) is 27.1. The van der Waals surface area contributed by atoms with Crippen molar-refractivity contribution in [3.63, 3.8) is 0 Å². The topological polar surface area (TPSA) is 24.9 Å². The zero-order chi connectivity index (χ0) is 34.8. The van der Waals surface area contributed by atoms with Gasteiger partial charge in [0.2, 0.25) is 0 Å². The summed E-state index contributed by atoms with van der Waals surface area (Å²) in [5, 5.41) is 0. The predicted molar refractivity (Wildman–Crippen MR) is 209 cm³/mol. The van der Waals surface area contributed by atoms with Gasteiger partial charge in [0, 0.05) is 36.3 Å². The highest BCUT2D eigenvalue weighted by Crippen LogP contribution is 2.60. The molecule has 0 N–H and O–H groups in total. The van der Waals surface area contributed by atoms with Crippen molar-refractivity contribution in [2.45, 2.75) is 216 Å². The van der Waals surface area contributed by atoms with E-state index in [-0.39, 0.29) is 0 Å². The molecule has 6 aliphatic carbocycles. The van der Waals surface area contributed by atoms with E-state index in [2.05, 4.69) is 61.8 Å². The molecule has 18 unspecified atom stereocenters. The first-order valence-electron chi connectivity index (χ1n) is 23.4. The highest BCUT2D eigenvalue weighted by Gasteiger charge is 2.63. The number of hydrogen-bond acceptors (Lipinski definition) is 4. The molecule has 1 aromatic carbocycles. The second-order valence-corrected chi connectivity index (χ2v) is 21.4. The van der Waals surface area contributed by atoms with Crippen LogP contribution >= 0.6 is 0 Å². The molecule has 18 atom stereocenters. The van der Waals surface area contributed by atoms with E-state index < -0.39 is 0 Å². The molecule has 4 saturated heterocycles. The summed E-state index contributed by atoms with van der Waals surface area (Å²) in [6.45, 7) is 9.92. The Kier molecular flexibility index (Phi) is 8.80. The van der Waals surface area contributed by atoms with Crippen LogP contribution in [0.15, 0.2) is 24.3 Å². The Balaban J connectivity index is 0.828. The zero-order valence-electron chi connectivity index (χ0n) is 33.3. The van der Waals surface area contributed by atoms with E-state index in [0.717, 1.165) is 83.3 Å². The van der Waals surface area contributed by atoms with Gasteiger partial charge in [0.25, 0.3) is 0 Å². The smallest absolute Gasteiger partial charge is 0.0740 e. The standard InChI is InChI=1S/C48H72N2O2/c1-27(2)29-15-20-42-45(25-29)52-46-26-34(28(3)4)24-38-37-23-33(17-19-40(37)50(42)48(38)46)31-10-7-9-30(21-31)32-16-18-39-36(22-32)35-11-8-14-44-47(35)49(39)41-12-5-6-13-43(41)51-44/h7,9-10,21,27-29,32-48H,5-6,8,11-20,22-26H2,1-4H3. The summed E-state index contributed by atoms with van der Waals surface area (Å²) in [5.74, 6) is 8.21. The molecule has 0 spiro atoms. The number of nitrogens with zero attached hydrogens (tertiary/aromatic N) is 2. The largest absolute Gasteiger partial charge is 0.372 e. The first-order valence-corrected chi connectivity index (χ1v) is 23.4. The molecule has 4 nitrogen and oxygen atoms in total. The van der Waals surface area contributed by atoms with Crippen molar-refractivity contribution in [2.24, 2.45) is 47.3 Å². The van der Waals surface area contributed by atoms with Gasteiger partial charge in [0.05, 0.1) is 24.4 Å². The third kappa shape index (κ3) is 5.39. The summed E-state index contributed by atoms with van der Waals surface area (Å²) < 4.78 is 14.3. The van der Waals surface area contributed by atoms with Gasteiger partial charge in [-0.25, -0.2) is 0 Å². The van der Waals surface area contributed by atoms with Crippen LogP contribution in [0.1, 0.15) is 166 Å². The summed E-state index contributed by atoms with van der Waals surface area (Å²) >= 11 is 0. The second-order valence-electron chi connectivity index (χ2n) is 21.4. The van der Waals surface area contributed by atoms with Crippen LogP contribution in [0.2, 0.25) is 0 Å². The molecule has 0 aromatic heterocycles. The normalized spacial score (nSPS) is 51.3. The van der Waals surface area contributed by atoms with Crippen LogP contribution in [0.4, 0.5) is 0 Å². The van der Waals surface area contributed by atoms with E-state index in [9.17, 15) is 0 Å². The van der Waals surface area contributed by atoms with E-state index in [1.165, 1.54) is 116 Å². The fourth-order valence-electron chi connectivity index (χ4n) is 16.4. The van der Waals surface area contributed by atoms with Crippen LogP contribution in [0.25, 0.3) is 0 Å². The van der Waals surface area contributed by atoms with Crippen molar-refractivity contribution in [1.82, 2.24) is 9.80 Å². The highest BCUT2D eigenvalue weighted by atomic mass is 16.5. The molecule has 286 valence electrons. The summed E-state index contributed by atoms with van der Waals surface area (Å²) in [7, 11) is 0. The molecule has 1 aromatic rings. The maximum atomic E-state index is 7.30. The Bertz CT molecular complexity index is 1460. The average Bonchev–Trinajstić information content (AvgIpc) is 3.69. The number of hydrogen-bond donors (Lipinski definition) is 0. The molecular formula is C48H72N2O2. The van der Waals surface area contributed by atoms with Gasteiger partial charge in [-0.15, -0.1) is 0 Å². The molecule has 10 fully saturated rings. The molecular weight excluding hydrogens is 637 g/mol.